The predicted molar refractivity (Wildman–Crippen MR) is 80.9 cm³/mol. The fourth-order valence-corrected chi connectivity index (χ4v) is 3.40. The maximum atomic E-state index is 12.5. The van der Waals surface area contributed by atoms with E-state index in [9.17, 15) is 9.59 Å². The summed E-state index contributed by atoms with van der Waals surface area (Å²) in [7, 11) is 0. The molecule has 1 heterocycles. The topological polar surface area (TPSA) is 49.4 Å². The van der Waals surface area contributed by atoms with Gasteiger partial charge in [0, 0.05) is 18.2 Å². The van der Waals surface area contributed by atoms with Gasteiger partial charge in [-0.25, -0.2) is 0 Å². The second kappa shape index (κ2) is 6.29. The molecular formula is C17H22N2O2. The Bertz CT molecular complexity index is 509. The van der Waals surface area contributed by atoms with Gasteiger partial charge in [0.05, 0.1) is 0 Å². The lowest BCUT2D eigenvalue weighted by Gasteiger charge is -2.25. The zero-order chi connectivity index (χ0) is 14.7. The largest absolute Gasteiger partial charge is 0.352 e. The van der Waals surface area contributed by atoms with Crippen molar-refractivity contribution in [2.75, 3.05) is 6.54 Å². The summed E-state index contributed by atoms with van der Waals surface area (Å²) in [6, 6.07) is 9.25. The molecule has 1 aromatic carbocycles. The van der Waals surface area contributed by atoms with Gasteiger partial charge in [0.2, 0.25) is 5.91 Å². The normalized spacial score (nSPS) is 22.5. The van der Waals surface area contributed by atoms with E-state index in [1.165, 1.54) is 12.8 Å². The fourth-order valence-electron chi connectivity index (χ4n) is 3.40. The summed E-state index contributed by atoms with van der Waals surface area (Å²) in [5, 5.41) is 3.12. The molecule has 1 atom stereocenters. The van der Waals surface area contributed by atoms with Gasteiger partial charge in [0.1, 0.15) is 6.04 Å². The van der Waals surface area contributed by atoms with Gasteiger partial charge in [0.15, 0.2) is 0 Å². The monoisotopic (exact) mass is 286 g/mol. The summed E-state index contributed by atoms with van der Waals surface area (Å²) in [6.07, 6.45) is 6.22. The average Bonchev–Trinajstić information content (AvgIpc) is 3.18. The minimum absolute atomic E-state index is 0.0281. The van der Waals surface area contributed by atoms with Gasteiger partial charge >= 0.3 is 0 Å². The Morgan fingerprint density at radius 3 is 2.43 bits per heavy atom. The first-order valence-electron chi connectivity index (χ1n) is 7.92. The fraction of sp³-hybridized carbons (Fsp3) is 0.529. The second-order valence-corrected chi connectivity index (χ2v) is 6.01. The lowest BCUT2D eigenvalue weighted by molar-refractivity contribution is -0.125. The molecule has 1 saturated heterocycles. The van der Waals surface area contributed by atoms with Crippen molar-refractivity contribution in [3.8, 4) is 0 Å². The average molecular weight is 286 g/mol. The highest BCUT2D eigenvalue weighted by Gasteiger charge is 2.35. The van der Waals surface area contributed by atoms with E-state index in [1.807, 2.05) is 30.3 Å². The van der Waals surface area contributed by atoms with Crippen LogP contribution in [0.1, 0.15) is 48.9 Å². The first kappa shape index (κ1) is 14.1. The summed E-state index contributed by atoms with van der Waals surface area (Å²) >= 11 is 0. The molecule has 1 aromatic rings. The minimum atomic E-state index is -0.293. The van der Waals surface area contributed by atoms with Crippen LogP contribution in [-0.4, -0.2) is 35.3 Å². The molecule has 0 radical (unpaired) electrons. The van der Waals surface area contributed by atoms with Gasteiger partial charge in [-0.2, -0.15) is 0 Å². The maximum Gasteiger partial charge on any atom is 0.254 e. The smallest absolute Gasteiger partial charge is 0.254 e. The molecule has 1 aliphatic carbocycles. The van der Waals surface area contributed by atoms with Crippen molar-refractivity contribution in [1.29, 1.82) is 0 Å². The van der Waals surface area contributed by atoms with E-state index in [0.717, 1.165) is 25.7 Å². The van der Waals surface area contributed by atoms with E-state index in [1.54, 1.807) is 4.90 Å². The van der Waals surface area contributed by atoms with Crippen LogP contribution in [-0.2, 0) is 4.79 Å². The summed E-state index contributed by atoms with van der Waals surface area (Å²) in [5.41, 5.74) is 0.665. The van der Waals surface area contributed by atoms with Crippen LogP contribution in [0.5, 0.6) is 0 Å². The van der Waals surface area contributed by atoms with Gasteiger partial charge in [0.25, 0.3) is 5.91 Å². The third kappa shape index (κ3) is 3.09. The van der Waals surface area contributed by atoms with Crippen molar-refractivity contribution in [3.63, 3.8) is 0 Å². The van der Waals surface area contributed by atoms with Crippen molar-refractivity contribution in [3.05, 3.63) is 35.9 Å². The number of benzene rings is 1. The maximum absolute atomic E-state index is 12.5. The number of hydrogen-bond donors (Lipinski definition) is 1. The third-order valence-corrected chi connectivity index (χ3v) is 4.54. The van der Waals surface area contributed by atoms with Crippen LogP contribution < -0.4 is 5.32 Å². The van der Waals surface area contributed by atoms with Crippen molar-refractivity contribution in [2.24, 2.45) is 0 Å². The predicted octanol–water partition coefficient (Wildman–Crippen LogP) is 2.35. The van der Waals surface area contributed by atoms with Crippen LogP contribution >= 0.6 is 0 Å². The van der Waals surface area contributed by atoms with E-state index >= 15 is 0 Å². The van der Waals surface area contributed by atoms with E-state index in [4.69, 9.17) is 0 Å². The highest BCUT2D eigenvalue weighted by atomic mass is 16.2. The molecule has 4 heteroatoms. The standard InChI is InChI=1S/C17H22N2O2/c20-16(18-14-9-4-5-10-14)15-11-6-12-19(15)17(21)13-7-2-1-3-8-13/h1-3,7-8,14-15H,4-6,9-12H2,(H,18,20)/t15-/m1/s1. The number of amides is 2. The van der Waals surface area contributed by atoms with Gasteiger partial charge < -0.3 is 10.2 Å². The molecule has 2 amide bonds. The molecule has 3 rings (SSSR count). The number of carbonyl (C=O) groups excluding carboxylic acids is 2. The number of hydrogen-bond acceptors (Lipinski definition) is 2. The van der Waals surface area contributed by atoms with Crippen LogP contribution in [0.2, 0.25) is 0 Å². The quantitative estimate of drug-likeness (QED) is 0.927. The zero-order valence-electron chi connectivity index (χ0n) is 12.3. The molecule has 21 heavy (non-hydrogen) atoms. The van der Waals surface area contributed by atoms with Gasteiger partial charge in [-0.1, -0.05) is 31.0 Å². The number of nitrogens with zero attached hydrogens (tertiary/aromatic N) is 1. The summed E-state index contributed by atoms with van der Waals surface area (Å²) in [4.78, 5) is 26.7. The second-order valence-electron chi connectivity index (χ2n) is 6.01. The zero-order valence-corrected chi connectivity index (χ0v) is 12.3. The van der Waals surface area contributed by atoms with Crippen LogP contribution in [0, 0.1) is 0 Å². The number of likely N-dealkylation sites (tertiary alicyclic amines) is 1. The van der Waals surface area contributed by atoms with Crippen molar-refractivity contribution >= 4 is 11.8 Å². The van der Waals surface area contributed by atoms with Crippen LogP contribution in [0.4, 0.5) is 0 Å². The van der Waals surface area contributed by atoms with Crippen LogP contribution in [0.25, 0.3) is 0 Å². The first-order chi connectivity index (χ1) is 10.3. The Labute approximate surface area is 125 Å². The summed E-state index contributed by atoms with van der Waals surface area (Å²) in [5.74, 6) is 0.00310. The number of carbonyl (C=O) groups is 2. The molecule has 0 aromatic heterocycles. The van der Waals surface area contributed by atoms with Gasteiger partial charge in [-0.05, 0) is 37.8 Å². The van der Waals surface area contributed by atoms with E-state index in [-0.39, 0.29) is 17.9 Å². The number of rotatable bonds is 3. The highest BCUT2D eigenvalue weighted by Crippen LogP contribution is 2.22. The number of nitrogens with one attached hydrogen (secondary N) is 1. The highest BCUT2D eigenvalue weighted by molar-refractivity contribution is 5.97. The Morgan fingerprint density at radius 2 is 1.71 bits per heavy atom. The third-order valence-electron chi connectivity index (χ3n) is 4.54. The first-order valence-corrected chi connectivity index (χ1v) is 7.92. The molecule has 2 fully saturated rings. The Morgan fingerprint density at radius 1 is 1.00 bits per heavy atom. The molecule has 1 N–H and O–H groups in total. The molecule has 1 aliphatic heterocycles. The van der Waals surface area contributed by atoms with E-state index in [2.05, 4.69) is 5.32 Å². The van der Waals surface area contributed by atoms with Gasteiger partial charge in [-0.3, -0.25) is 9.59 Å². The Kier molecular flexibility index (Phi) is 4.23. The lowest BCUT2D eigenvalue weighted by atomic mass is 10.1. The molecule has 112 valence electrons. The summed E-state index contributed by atoms with van der Waals surface area (Å²) in [6.45, 7) is 0.677. The molecule has 1 saturated carbocycles. The Balaban J connectivity index is 1.67. The molecular weight excluding hydrogens is 264 g/mol. The SMILES string of the molecule is O=C(NC1CCCC1)[C@H]1CCCN1C(=O)c1ccccc1. The molecule has 0 unspecified atom stereocenters. The molecule has 4 nitrogen and oxygen atoms in total. The molecule has 2 aliphatic rings. The van der Waals surface area contributed by atoms with Crippen LogP contribution in [0.3, 0.4) is 0 Å². The molecule has 0 bridgehead atoms. The Hall–Kier alpha value is -1.84. The van der Waals surface area contributed by atoms with Crippen molar-refractivity contribution in [1.82, 2.24) is 10.2 Å². The van der Waals surface area contributed by atoms with Crippen molar-refractivity contribution < 1.29 is 9.59 Å². The van der Waals surface area contributed by atoms with Crippen molar-refractivity contribution in [2.45, 2.75) is 50.6 Å². The minimum Gasteiger partial charge on any atom is -0.352 e. The summed E-state index contributed by atoms with van der Waals surface area (Å²) < 4.78 is 0. The van der Waals surface area contributed by atoms with E-state index in [0.29, 0.717) is 18.2 Å². The van der Waals surface area contributed by atoms with Gasteiger partial charge in [-0.15, -0.1) is 0 Å². The molecule has 0 spiro atoms. The van der Waals surface area contributed by atoms with Crippen LogP contribution in [0.15, 0.2) is 30.3 Å². The van der Waals surface area contributed by atoms with E-state index < -0.39 is 0 Å². The lowest BCUT2D eigenvalue weighted by Crippen LogP contribution is -2.48.